The second-order valence-corrected chi connectivity index (χ2v) is 5.61. The molecule has 0 unspecified atom stereocenters. The van der Waals surface area contributed by atoms with Gasteiger partial charge < -0.3 is 5.32 Å². The van der Waals surface area contributed by atoms with Gasteiger partial charge in [-0.15, -0.1) is 0 Å². The maximum atomic E-state index is 11.7. The van der Waals surface area contributed by atoms with E-state index < -0.39 is 11.8 Å². The predicted molar refractivity (Wildman–Crippen MR) is 92.3 cm³/mol. The lowest BCUT2D eigenvalue weighted by molar-refractivity contribution is -0.136. The monoisotopic (exact) mass is 369 g/mol. The minimum absolute atomic E-state index is 0.237. The topological polar surface area (TPSA) is 70.6 Å². The van der Waals surface area contributed by atoms with Gasteiger partial charge in [0, 0.05) is 10.0 Å². The van der Waals surface area contributed by atoms with Crippen LogP contribution in [-0.4, -0.2) is 18.0 Å². The molecule has 5 nitrogen and oxygen atoms in total. The van der Waals surface area contributed by atoms with Gasteiger partial charge in [-0.25, -0.2) is 5.43 Å². The van der Waals surface area contributed by atoms with Crippen molar-refractivity contribution in [3.63, 3.8) is 0 Å². The summed E-state index contributed by atoms with van der Waals surface area (Å²) >= 11 is 17.4. The van der Waals surface area contributed by atoms with Gasteiger partial charge in [-0.2, -0.15) is 5.10 Å². The SMILES string of the molecule is O=C(NN=Cc1ccc(Cl)cc1)C(=O)Nc1cc(Cl)ccc1Cl. The summed E-state index contributed by atoms with van der Waals surface area (Å²) in [6.07, 6.45) is 1.38. The molecule has 0 aliphatic carbocycles. The smallest absolute Gasteiger partial charge is 0.316 e. The average molecular weight is 371 g/mol. The van der Waals surface area contributed by atoms with Crippen LogP contribution >= 0.6 is 34.8 Å². The van der Waals surface area contributed by atoms with Crippen LogP contribution in [0.2, 0.25) is 15.1 Å². The standard InChI is InChI=1S/C15H10Cl3N3O2/c16-10-3-1-9(2-4-10)8-19-21-15(23)14(22)20-13-7-11(17)5-6-12(13)18/h1-8H,(H,20,22)(H,21,23). The predicted octanol–water partition coefficient (Wildman–Crippen LogP) is 3.74. The Hall–Kier alpha value is -2.08. The first kappa shape index (κ1) is 17.3. The Morgan fingerprint density at radius 3 is 2.26 bits per heavy atom. The highest BCUT2D eigenvalue weighted by Gasteiger charge is 2.14. The number of nitrogens with zero attached hydrogens (tertiary/aromatic N) is 1. The summed E-state index contributed by atoms with van der Waals surface area (Å²) in [6.45, 7) is 0. The van der Waals surface area contributed by atoms with E-state index in [1.165, 1.54) is 18.3 Å². The fourth-order valence-corrected chi connectivity index (χ4v) is 2.00. The molecule has 0 saturated carbocycles. The lowest BCUT2D eigenvalue weighted by atomic mass is 10.2. The first-order valence-electron chi connectivity index (χ1n) is 6.31. The van der Waals surface area contributed by atoms with Crippen molar-refractivity contribution >= 4 is 58.5 Å². The molecule has 118 valence electrons. The van der Waals surface area contributed by atoms with Crippen LogP contribution in [-0.2, 0) is 9.59 Å². The lowest BCUT2D eigenvalue weighted by Crippen LogP contribution is -2.32. The molecule has 0 atom stereocenters. The Kier molecular flexibility index (Phi) is 5.98. The summed E-state index contributed by atoms with van der Waals surface area (Å²) in [7, 11) is 0. The molecule has 0 bridgehead atoms. The van der Waals surface area contributed by atoms with Gasteiger partial charge in [-0.1, -0.05) is 46.9 Å². The van der Waals surface area contributed by atoms with Gasteiger partial charge in [0.1, 0.15) is 0 Å². The minimum Gasteiger partial charge on any atom is -0.316 e. The Labute approximate surface area is 147 Å². The fourth-order valence-electron chi connectivity index (χ4n) is 1.54. The second-order valence-electron chi connectivity index (χ2n) is 4.33. The number of hydrogen-bond acceptors (Lipinski definition) is 3. The molecular formula is C15H10Cl3N3O2. The van der Waals surface area contributed by atoms with E-state index in [0.29, 0.717) is 15.6 Å². The first-order valence-corrected chi connectivity index (χ1v) is 7.44. The van der Waals surface area contributed by atoms with Gasteiger partial charge in [0.15, 0.2) is 0 Å². The summed E-state index contributed by atoms with van der Waals surface area (Å²) in [5.74, 6) is -1.85. The van der Waals surface area contributed by atoms with E-state index in [-0.39, 0.29) is 10.7 Å². The molecule has 2 aromatic rings. The van der Waals surface area contributed by atoms with Crippen molar-refractivity contribution in [3.8, 4) is 0 Å². The number of halogens is 3. The van der Waals surface area contributed by atoms with Crippen LogP contribution in [0, 0.1) is 0 Å². The maximum absolute atomic E-state index is 11.7. The molecule has 0 heterocycles. The van der Waals surface area contributed by atoms with Crippen molar-refractivity contribution in [1.29, 1.82) is 0 Å². The van der Waals surface area contributed by atoms with Crippen molar-refractivity contribution in [2.45, 2.75) is 0 Å². The van der Waals surface area contributed by atoms with E-state index in [1.54, 1.807) is 30.3 Å². The number of anilines is 1. The van der Waals surface area contributed by atoms with Gasteiger partial charge >= 0.3 is 11.8 Å². The molecule has 0 spiro atoms. The molecule has 23 heavy (non-hydrogen) atoms. The highest BCUT2D eigenvalue weighted by Crippen LogP contribution is 2.25. The Bertz CT molecular complexity index is 761. The van der Waals surface area contributed by atoms with Crippen molar-refractivity contribution in [1.82, 2.24) is 5.43 Å². The maximum Gasteiger partial charge on any atom is 0.329 e. The van der Waals surface area contributed by atoms with Gasteiger partial charge in [0.2, 0.25) is 0 Å². The normalized spacial score (nSPS) is 10.6. The molecule has 0 fully saturated rings. The molecule has 8 heteroatoms. The largest absolute Gasteiger partial charge is 0.329 e. The molecule has 2 N–H and O–H groups in total. The molecule has 2 aromatic carbocycles. The van der Waals surface area contributed by atoms with Gasteiger partial charge in [-0.05, 0) is 35.9 Å². The van der Waals surface area contributed by atoms with Gasteiger partial charge in [0.05, 0.1) is 16.9 Å². The summed E-state index contributed by atoms with van der Waals surface area (Å²) in [6, 6.07) is 11.3. The van der Waals surface area contributed by atoms with E-state index in [0.717, 1.165) is 0 Å². The van der Waals surface area contributed by atoms with Crippen LogP contribution in [0.1, 0.15) is 5.56 Å². The molecule has 0 radical (unpaired) electrons. The van der Waals surface area contributed by atoms with Crippen LogP contribution in [0.3, 0.4) is 0 Å². The summed E-state index contributed by atoms with van der Waals surface area (Å²) in [5, 5.41) is 7.27. The highest BCUT2D eigenvalue weighted by atomic mass is 35.5. The molecule has 0 saturated heterocycles. The van der Waals surface area contributed by atoms with Crippen molar-refractivity contribution in [2.24, 2.45) is 5.10 Å². The van der Waals surface area contributed by atoms with Crippen molar-refractivity contribution in [2.75, 3.05) is 5.32 Å². The number of hydrazone groups is 1. The van der Waals surface area contributed by atoms with E-state index in [2.05, 4.69) is 15.8 Å². The number of carbonyl (C=O) groups excluding carboxylic acids is 2. The number of carbonyl (C=O) groups is 2. The third-order valence-corrected chi connectivity index (χ3v) is 3.45. The third kappa shape index (κ3) is 5.25. The van der Waals surface area contributed by atoms with Crippen molar-refractivity contribution < 1.29 is 9.59 Å². The first-order chi connectivity index (χ1) is 11.0. The molecule has 0 aromatic heterocycles. The Morgan fingerprint density at radius 2 is 1.57 bits per heavy atom. The second kappa shape index (κ2) is 7.97. The molecule has 0 aliphatic heterocycles. The quantitative estimate of drug-likeness (QED) is 0.491. The summed E-state index contributed by atoms with van der Waals surface area (Å²) in [4.78, 5) is 23.4. The summed E-state index contributed by atoms with van der Waals surface area (Å²) < 4.78 is 0. The average Bonchev–Trinajstić information content (AvgIpc) is 2.52. The van der Waals surface area contributed by atoms with Crippen molar-refractivity contribution in [3.05, 3.63) is 63.1 Å². The Balaban J connectivity index is 1.93. The number of benzene rings is 2. The van der Waals surface area contributed by atoms with E-state index in [4.69, 9.17) is 34.8 Å². The van der Waals surface area contributed by atoms with Gasteiger partial charge in [-0.3, -0.25) is 9.59 Å². The zero-order valence-corrected chi connectivity index (χ0v) is 13.8. The minimum atomic E-state index is -0.939. The van der Waals surface area contributed by atoms with Crippen LogP contribution in [0.5, 0.6) is 0 Å². The van der Waals surface area contributed by atoms with E-state index in [9.17, 15) is 9.59 Å². The zero-order chi connectivity index (χ0) is 16.8. The molecule has 2 amide bonds. The van der Waals surface area contributed by atoms with Gasteiger partial charge in [0.25, 0.3) is 0 Å². The van der Waals surface area contributed by atoms with Crippen LogP contribution in [0.25, 0.3) is 0 Å². The van der Waals surface area contributed by atoms with E-state index in [1.807, 2.05) is 0 Å². The fraction of sp³-hybridized carbons (Fsp3) is 0. The highest BCUT2D eigenvalue weighted by molar-refractivity contribution is 6.42. The zero-order valence-electron chi connectivity index (χ0n) is 11.5. The van der Waals surface area contributed by atoms with Crippen LogP contribution < -0.4 is 10.7 Å². The molecule has 2 rings (SSSR count). The molecular weight excluding hydrogens is 361 g/mol. The third-order valence-electron chi connectivity index (χ3n) is 2.63. The van der Waals surface area contributed by atoms with E-state index >= 15 is 0 Å². The Morgan fingerprint density at radius 1 is 0.913 bits per heavy atom. The number of nitrogens with one attached hydrogen (secondary N) is 2. The summed E-state index contributed by atoms with van der Waals surface area (Å²) in [5.41, 5.74) is 3.06. The lowest BCUT2D eigenvalue weighted by Gasteiger charge is -2.06. The van der Waals surface area contributed by atoms with Crippen LogP contribution in [0.4, 0.5) is 5.69 Å². The van der Waals surface area contributed by atoms with Crippen LogP contribution in [0.15, 0.2) is 47.6 Å². The number of rotatable bonds is 3. The number of hydrogen-bond donors (Lipinski definition) is 2. The molecule has 0 aliphatic rings. The number of amides is 2.